The van der Waals surface area contributed by atoms with Crippen molar-refractivity contribution in [3.63, 3.8) is 0 Å². The fourth-order valence-electron chi connectivity index (χ4n) is 1.83. The molecule has 0 aromatic heterocycles. The zero-order chi connectivity index (χ0) is 14.1. The Hall–Kier alpha value is -0.820. The first kappa shape index (κ1) is 19.2. The molecule has 1 atom stereocenters. The highest BCUT2D eigenvalue weighted by Gasteiger charge is 2.06. The van der Waals surface area contributed by atoms with Crippen LogP contribution in [-0.2, 0) is 0 Å². The summed E-state index contributed by atoms with van der Waals surface area (Å²) in [4.78, 5) is 6.44. The van der Waals surface area contributed by atoms with Gasteiger partial charge in [0, 0.05) is 13.6 Å². The topological polar surface area (TPSA) is 39.7 Å². The van der Waals surface area contributed by atoms with Gasteiger partial charge in [0.25, 0.3) is 0 Å². The second-order valence-electron chi connectivity index (χ2n) is 4.93. The van der Waals surface area contributed by atoms with E-state index in [0.29, 0.717) is 0 Å². The summed E-state index contributed by atoms with van der Waals surface area (Å²) >= 11 is 0. The Kier molecular flexibility index (Phi) is 10.5. The minimum atomic E-state index is 0. The van der Waals surface area contributed by atoms with Gasteiger partial charge in [0.2, 0.25) is 0 Å². The molecule has 0 aliphatic carbocycles. The van der Waals surface area contributed by atoms with Crippen LogP contribution in [0.2, 0.25) is 0 Å². The van der Waals surface area contributed by atoms with E-state index in [9.17, 15) is 0 Å². The highest BCUT2D eigenvalue weighted by Crippen LogP contribution is 2.10. The zero-order valence-corrected chi connectivity index (χ0v) is 15.2. The zero-order valence-electron chi connectivity index (χ0n) is 12.9. The van der Waals surface area contributed by atoms with Crippen molar-refractivity contribution in [2.75, 3.05) is 34.2 Å². The molecule has 4 nitrogen and oxygen atoms in total. The predicted octanol–water partition coefficient (Wildman–Crippen LogP) is 2.48. The van der Waals surface area contributed by atoms with Crippen LogP contribution in [0.1, 0.15) is 24.9 Å². The average molecular weight is 390 g/mol. The lowest BCUT2D eigenvalue weighted by molar-refractivity contribution is 0.399. The fourth-order valence-corrected chi connectivity index (χ4v) is 1.83. The van der Waals surface area contributed by atoms with Crippen LogP contribution >= 0.6 is 24.0 Å². The molecule has 1 aromatic carbocycles. The van der Waals surface area contributed by atoms with Gasteiger partial charge in [0.05, 0.1) is 6.04 Å². The van der Waals surface area contributed by atoms with Gasteiger partial charge in [-0.3, -0.25) is 4.99 Å². The van der Waals surface area contributed by atoms with Gasteiger partial charge in [-0.1, -0.05) is 30.3 Å². The van der Waals surface area contributed by atoms with E-state index in [-0.39, 0.29) is 30.0 Å². The van der Waals surface area contributed by atoms with Crippen LogP contribution in [0.5, 0.6) is 0 Å². The summed E-state index contributed by atoms with van der Waals surface area (Å²) in [6.45, 7) is 4.15. The molecule has 0 saturated heterocycles. The summed E-state index contributed by atoms with van der Waals surface area (Å²) in [7, 11) is 5.98. The van der Waals surface area contributed by atoms with E-state index in [1.165, 1.54) is 5.56 Å². The summed E-state index contributed by atoms with van der Waals surface area (Å²) in [6.07, 6.45) is 1.10. The molecule has 0 aliphatic rings. The smallest absolute Gasteiger partial charge is 0.191 e. The first-order valence-corrected chi connectivity index (χ1v) is 6.80. The molecule has 0 spiro atoms. The van der Waals surface area contributed by atoms with Gasteiger partial charge in [-0.2, -0.15) is 0 Å². The Balaban J connectivity index is 0.00000361. The van der Waals surface area contributed by atoms with Gasteiger partial charge < -0.3 is 15.5 Å². The van der Waals surface area contributed by atoms with Gasteiger partial charge >= 0.3 is 0 Å². The maximum absolute atomic E-state index is 4.25. The van der Waals surface area contributed by atoms with Crippen molar-refractivity contribution < 1.29 is 0 Å². The molecule has 0 aliphatic heterocycles. The number of benzene rings is 1. The molecule has 2 N–H and O–H groups in total. The molecule has 0 saturated carbocycles. The number of hydrogen-bond donors (Lipinski definition) is 2. The van der Waals surface area contributed by atoms with Crippen LogP contribution in [-0.4, -0.2) is 45.1 Å². The number of nitrogens with zero attached hydrogens (tertiary/aromatic N) is 2. The second kappa shape index (κ2) is 10.9. The van der Waals surface area contributed by atoms with Crippen molar-refractivity contribution in [3.05, 3.63) is 35.9 Å². The summed E-state index contributed by atoms with van der Waals surface area (Å²) in [5.74, 6) is 0.857. The van der Waals surface area contributed by atoms with Crippen molar-refractivity contribution in [1.29, 1.82) is 0 Å². The number of nitrogens with one attached hydrogen (secondary N) is 2. The van der Waals surface area contributed by atoms with E-state index in [1.807, 2.05) is 6.07 Å². The third-order valence-electron chi connectivity index (χ3n) is 2.95. The molecule has 1 aromatic rings. The van der Waals surface area contributed by atoms with Crippen molar-refractivity contribution in [2.45, 2.75) is 19.4 Å². The highest BCUT2D eigenvalue weighted by molar-refractivity contribution is 14.0. The Bertz CT molecular complexity index is 379. The van der Waals surface area contributed by atoms with E-state index in [0.717, 1.165) is 25.5 Å². The fraction of sp³-hybridized carbons (Fsp3) is 0.533. The largest absolute Gasteiger partial charge is 0.356 e. The van der Waals surface area contributed by atoms with Crippen LogP contribution in [0, 0.1) is 0 Å². The van der Waals surface area contributed by atoms with E-state index in [2.05, 4.69) is 65.8 Å². The van der Waals surface area contributed by atoms with Gasteiger partial charge in [0.1, 0.15) is 0 Å². The Labute approximate surface area is 140 Å². The molecular weight excluding hydrogens is 363 g/mol. The molecule has 0 heterocycles. The highest BCUT2D eigenvalue weighted by atomic mass is 127. The lowest BCUT2D eigenvalue weighted by Gasteiger charge is -2.18. The SMILES string of the molecule is CN=C(NCCCN(C)C)NC(C)c1ccccc1.I. The van der Waals surface area contributed by atoms with E-state index >= 15 is 0 Å². The van der Waals surface area contributed by atoms with Crippen molar-refractivity contribution >= 4 is 29.9 Å². The summed E-state index contributed by atoms with van der Waals surface area (Å²) in [5, 5.41) is 6.73. The van der Waals surface area contributed by atoms with Gasteiger partial charge in [-0.15, -0.1) is 24.0 Å². The third-order valence-corrected chi connectivity index (χ3v) is 2.95. The van der Waals surface area contributed by atoms with Crippen LogP contribution in [0.4, 0.5) is 0 Å². The van der Waals surface area contributed by atoms with Crippen LogP contribution < -0.4 is 10.6 Å². The summed E-state index contributed by atoms with van der Waals surface area (Å²) in [5.41, 5.74) is 1.26. The van der Waals surface area contributed by atoms with Crippen LogP contribution in [0.15, 0.2) is 35.3 Å². The molecule has 0 bridgehead atoms. The van der Waals surface area contributed by atoms with Crippen molar-refractivity contribution in [1.82, 2.24) is 15.5 Å². The number of rotatable bonds is 6. The van der Waals surface area contributed by atoms with Crippen molar-refractivity contribution in [3.8, 4) is 0 Å². The lowest BCUT2D eigenvalue weighted by Crippen LogP contribution is -2.39. The van der Waals surface area contributed by atoms with Gasteiger partial charge in [-0.05, 0) is 39.5 Å². The first-order chi connectivity index (χ1) is 9.13. The number of guanidine groups is 1. The standard InChI is InChI=1S/C15H26N4.HI/c1-13(14-9-6-5-7-10-14)18-15(16-2)17-11-8-12-19(3)4;/h5-7,9-10,13H,8,11-12H2,1-4H3,(H2,16,17,18);1H. The number of aliphatic imine (C=N–C) groups is 1. The van der Waals surface area contributed by atoms with E-state index < -0.39 is 0 Å². The molecule has 20 heavy (non-hydrogen) atoms. The molecule has 0 amide bonds. The Morgan fingerprint density at radius 3 is 2.45 bits per heavy atom. The number of hydrogen-bond acceptors (Lipinski definition) is 2. The van der Waals surface area contributed by atoms with Crippen molar-refractivity contribution in [2.24, 2.45) is 4.99 Å². The van der Waals surface area contributed by atoms with Crippen LogP contribution in [0.3, 0.4) is 0 Å². The average Bonchev–Trinajstić information content (AvgIpc) is 2.42. The quantitative estimate of drug-likeness (QED) is 0.339. The number of halogens is 1. The molecule has 1 rings (SSSR count). The maximum atomic E-state index is 4.25. The van der Waals surface area contributed by atoms with Crippen LogP contribution in [0.25, 0.3) is 0 Å². The van der Waals surface area contributed by atoms with E-state index in [1.54, 1.807) is 7.05 Å². The minimum absolute atomic E-state index is 0. The molecule has 1 unspecified atom stereocenters. The normalized spacial score (nSPS) is 12.8. The minimum Gasteiger partial charge on any atom is -0.356 e. The van der Waals surface area contributed by atoms with Gasteiger partial charge in [-0.25, -0.2) is 0 Å². The Morgan fingerprint density at radius 2 is 1.90 bits per heavy atom. The van der Waals surface area contributed by atoms with E-state index in [4.69, 9.17) is 0 Å². The molecular formula is C15H27IN4. The molecule has 0 fully saturated rings. The summed E-state index contributed by atoms with van der Waals surface area (Å²) < 4.78 is 0. The monoisotopic (exact) mass is 390 g/mol. The second-order valence-corrected chi connectivity index (χ2v) is 4.93. The lowest BCUT2D eigenvalue weighted by atomic mass is 10.1. The predicted molar refractivity (Wildman–Crippen MR) is 97.9 cm³/mol. The molecule has 0 radical (unpaired) electrons. The molecule has 5 heteroatoms. The Morgan fingerprint density at radius 1 is 1.25 bits per heavy atom. The van der Waals surface area contributed by atoms with Gasteiger partial charge in [0.15, 0.2) is 5.96 Å². The molecule has 114 valence electrons. The first-order valence-electron chi connectivity index (χ1n) is 6.80. The maximum Gasteiger partial charge on any atom is 0.191 e. The third kappa shape index (κ3) is 7.69. The summed E-state index contributed by atoms with van der Waals surface area (Å²) in [6, 6.07) is 10.6.